The van der Waals surface area contributed by atoms with Crippen molar-refractivity contribution in [2.75, 3.05) is 0 Å². The Kier molecular flexibility index (Phi) is 2.18. The Labute approximate surface area is 94.2 Å². The minimum atomic E-state index is 0.574. The maximum atomic E-state index is 5.76. The molecule has 2 heteroatoms. The molecule has 16 heavy (non-hydrogen) atoms. The number of nitrogens with zero attached hydrogens (tertiary/aromatic N) is 1. The molecule has 0 saturated heterocycles. The van der Waals surface area contributed by atoms with Gasteiger partial charge in [0.2, 0.25) is 0 Å². The van der Waals surface area contributed by atoms with Crippen molar-refractivity contribution in [2.45, 2.75) is 6.61 Å². The second-order valence-electron chi connectivity index (χ2n) is 3.71. The zero-order valence-corrected chi connectivity index (χ0v) is 8.76. The highest BCUT2D eigenvalue weighted by Crippen LogP contribution is 2.25. The lowest BCUT2D eigenvalue weighted by atomic mass is 10.1. The van der Waals surface area contributed by atoms with Gasteiger partial charge >= 0.3 is 0 Å². The van der Waals surface area contributed by atoms with Crippen LogP contribution in [0.5, 0.6) is 5.75 Å². The van der Waals surface area contributed by atoms with Crippen molar-refractivity contribution in [3.05, 3.63) is 59.7 Å². The van der Waals surface area contributed by atoms with Crippen LogP contribution in [0.2, 0.25) is 0 Å². The molecule has 0 fully saturated rings. The maximum Gasteiger partial charge on any atom is 0.128 e. The summed E-state index contributed by atoms with van der Waals surface area (Å²) in [5.41, 5.74) is 3.13. The van der Waals surface area contributed by atoms with Gasteiger partial charge in [0.25, 0.3) is 0 Å². The summed E-state index contributed by atoms with van der Waals surface area (Å²) in [4.78, 5) is 4.48. The lowest BCUT2D eigenvalue weighted by Crippen LogP contribution is -2.01. The predicted molar refractivity (Wildman–Crippen MR) is 64.5 cm³/mol. The molecule has 0 amide bonds. The van der Waals surface area contributed by atoms with Crippen molar-refractivity contribution in [3.63, 3.8) is 0 Å². The number of fused-ring (bicyclic) bond motifs is 2. The summed E-state index contributed by atoms with van der Waals surface area (Å²) in [6, 6.07) is 16.0. The van der Waals surface area contributed by atoms with Crippen LogP contribution in [0, 0.1) is 0 Å². The maximum absolute atomic E-state index is 5.76. The first kappa shape index (κ1) is 9.16. The van der Waals surface area contributed by atoms with E-state index in [4.69, 9.17) is 4.74 Å². The summed E-state index contributed by atoms with van der Waals surface area (Å²) < 4.78 is 5.76. The minimum Gasteiger partial charge on any atom is -0.488 e. The number of para-hydroxylation sites is 2. The van der Waals surface area contributed by atoms with E-state index in [2.05, 4.69) is 4.99 Å². The Hall–Kier alpha value is -2.09. The standard InChI is InChI=1S/C14H11NO/c1-3-7-13-12(6-1)10-16-14-8-4-2-5-11(14)9-15-13/h1-9H,10H2. The Morgan fingerprint density at radius 1 is 0.938 bits per heavy atom. The van der Waals surface area contributed by atoms with Gasteiger partial charge < -0.3 is 4.74 Å². The van der Waals surface area contributed by atoms with E-state index >= 15 is 0 Å². The van der Waals surface area contributed by atoms with Crippen LogP contribution in [0.25, 0.3) is 0 Å². The van der Waals surface area contributed by atoms with E-state index < -0.39 is 0 Å². The first-order valence-electron chi connectivity index (χ1n) is 5.27. The topological polar surface area (TPSA) is 21.6 Å². The van der Waals surface area contributed by atoms with Gasteiger partial charge in [-0.25, -0.2) is 0 Å². The summed E-state index contributed by atoms with van der Waals surface area (Å²) in [6.07, 6.45) is 1.85. The molecule has 2 aromatic carbocycles. The number of benzene rings is 2. The normalized spacial score (nSPS) is 13.0. The third-order valence-corrected chi connectivity index (χ3v) is 2.64. The SMILES string of the molecule is C1=Nc2ccccc2COc2ccccc21. The van der Waals surface area contributed by atoms with Gasteiger partial charge in [-0.05, 0) is 18.2 Å². The van der Waals surface area contributed by atoms with Gasteiger partial charge in [0.05, 0.1) is 5.69 Å². The third kappa shape index (κ3) is 1.58. The molecule has 1 heterocycles. The largest absolute Gasteiger partial charge is 0.488 e. The number of hydrogen-bond donors (Lipinski definition) is 0. The average Bonchev–Trinajstić information content (AvgIpc) is 2.32. The van der Waals surface area contributed by atoms with E-state index in [1.807, 2.05) is 54.7 Å². The average molecular weight is 209 g/mol. The molecule has 0 bridgehead atoms. The number of hydrogen-bond acceptors (Lipinski definition) is 2. The highest BCUT2D eigenvalue weighted by molar-refractivity contribution is 5.86. The van der Waals surface area contributed by atoms with Gasteiger partial charge in [0.1, 0.15) is 12.4 Å². The molecular formula is C14H11NO. The van der Waals surface area contributed by atoms with E-state index in [1.165, 1.54) is 0 Å². The Morgan fingerprint density at radius 3 is 2.75 bits per heavy atom. The van der Waals surface area contributed by atoms with Gasteiger partial charge in [0, 0.05) is 17.3 Å². The molecule has 3 rings (SSSR count). The molecule has 0 aliphatic carbocycles. The summed E-state index contributed by atoms with van der Waals surface area (Å²) in [7, 11) is 0. The van der Waals surface area contributed by atoms with Crippen LogP contribution in [-0.2, 0) is 6.61 Å². The summed E-state index contributed by atoms with van der Waals surface area (Å²) >= 11 is 0. The van der Waals surface area contributed by atoms with Gasteiger partial charge in [0.15, 0.2) is 0 Å². The van der Waals surface area contributed by atoms with E-state index in [0.717, 1.165) is 22.6 Å². The molecule has 78 valence electrons. The molecule has 1 aliphatic rings. The minimum absolute atomic E-state index is 0.574. The fourth-order valence-electron chi connectivity index (χ4n) is 1.77. The van der Waals surface area contributed by atoms with Crippen LogP contribution in [0.1, 0.15) is 11.1 Å². The van der Waals surface area contributed by atoms with E-state index in [0.29, 0.717) is 6.61 Å². The molecule has 0 saturated carbocycles. The van der Waals surface area contributed by atoms with Gasteiger partial charge in [-0.15, -0.1) is 0 Å². The highest BCUT2D eigenvalue weighted by atomic mass is 16.5. The lowest BCUT2D eigenvalue weighted by Gasteiger charge is -2.13. The Morgan fingerprint density at radius 2 is 1.75 bits per heavy atom. The van der Waals surface area contributed by atoms with Gasteiger partial charge in [-0.3, -0.25) is 4.99 Å². The fourth-order valence-corrected chi connectivity index (χ4v) is 1.77. The molecule has 1 aliphatic heterocycles. The molecule has 2 aromatic rings. The van der Waals surface area contributed by atoms with Crippen LogP contribution < -0.4 is 4.74 Å². The van der Waals surface area contributed by atoms with Crippen molar-refractivity contribution in [3.8, 4) is 5.75 Å². The second kappa shape index (κ2) is 3.81. The monoisotopic (exact) mass is 209 g/mol. The number of rotatable bonds is 0. The fraction of sp³-hybridized carbons (Fsp3) is 0.0714. The molecule has 0 radical (unpaired) electrons. The smallest absolute Gasteiger partial charge is 0.128 e. The molecular weight excluding hydrogens is 198 g/mol. The summed E-state index contributed by atoms with van der Waals surface area (Å²) in [5.74, 6) is 0.890. The van der Waals surface area contributed by atoms with Crippen LogP contribution in [0.4, 0.5) is 5.69 Å². The van der Waals surface area contributed by atoms with Crippen LogP contribution >= 0.6 is 0 Å². The van der Waals surface area contributed by atoms with Crippen molar-refractivity contribution >= 4 is 11.9 Å². The Balaban J connectivity index is 2.10. The molecule has 0 aromatic heterocycles. The van der Waals surface area contributed by atoms with E-state index in [9.17, 15) is 0 Å². The highest BCUT2D eigenvalue weighted by Gasteiger charge is 2.07. The van der Waals surface area contributed by atoms with Crippen LogP contribution in [-0.4, -0.2) is 6.21 Å². The van der Waals surface area contributed by atoms with E-state index in [1.54, 1.807) is 0 Å². The number of ether oxygens (including phenoxy) is 1. The van der Waals surface area contributed by atoms with Crippen molar-refractivity contribution in [2.24, 2.45) is 4.99 Å². The second-order valence-corrected chi connectivity index (χ2v) is 3.71. The first-order valence-corrected chi connectivity index (χ1v) is 5.27. The molecule has 0 unspecified atom stereocenters. The first-order chi connectivity index (χ1) is 7.93. The molecule has 0 atom stereocenters. The zero-order valence-electron chi connectivity index (χ0n) is 8.76. The lowest BCUT2D eigenvalue weighted by molar-refractivity contribution is 0.306. The van der Waals surface area contributed by atoms with E-state index in [-0.39, 0.29) is 0 Å². The van der Waals surface area contributed by atoms with Crippen LogP contribution in [0.3, 0.4) is 0 Å². The zero-order chi connectivity index (χ0) is 10.8. The Bertz CT molecular complexity index is 496. The van der Waals surface area contributed by atoms with Crippen molar-refractivity contribution in [1.29, 1.82) is 0 Å². The van der Waals surface area contributed by atoms with Crippen molar-refractivity contribution in [1.82, 2.24) is 0 Å². The molecule has 0 N–H and O–H groups in total. The van der Waals surface area contributed by atoms with Gasteiger partial charge in [-0.1, -0.05) is 30.3 Å². The van der Waals surface area contributed by atoms with Crippen LogP contribution in [0.15, 0.2) is 53.5 Å². The quantitative estimate of drug-likeness (QED) is 0.652. The third-order valence-electron chi connectivity index (χ3n) is 2.64. The summed E-state index contributed by atoms with van der Waals surface area (Å²) in [6.45, 7) is 0.574. The van der Waals surface area contributed by atoms with Gasteiger partial charge in [-0.2, -0.15) is 0 Å². The number of aliphatic imine (C=N–C) groups is 1. The van der Waals surface area contributed by atoms with Crippen molar-refractivity contribution < 1.29 is 4.74 Å². The molecule has 0 spiro atoms. The predicted octanol–water partition coefficient (Wildman–Crippen LogP) is 3.33. The summed E-state index contributed by atoms with van der Waals surface area (Å²) in [5, 5.41) is 0. The molecule has 2 nitrogen and oxygen atoms in total.